The number of phenolic OH excluding ortho intramolecular Hbond substituents is 1. The van der Waals surface area contributed by atoms with Crippen molar-refractivity contribution in [2.24, 2.45) is 34.0 Å². The number of likely N-dealkylation sites (tertiary alicyclic amines) is 1. The van der Waals surface area contributed by atoms with Gasteiger partial charge in [-0.05, 0) is 97.7 Å². The first-order chi connectivity index (χ1) is 33.3. The molecule has 1 fully saturated rings. The Labute approximate surface area is 409 Å². The smallest absolute Gasteiger partial charge is 0.245 e. The number of aliphatic imine (C=N–C) groups is 1. The van der Waals surface area contributed by atoms with Crippen LogP contribution in [0.25, 0.3) is 10.8 Å². The number of likely N-dealkylation sites (N-methyl/N-ethyl adjacent to an activating group) is 1. The summed E-state index contributed by atoms with van der Waals surface area (Å²) < 4.78 is 0. The number of carbonyl (C=O) groups excluding carboxylic acids is 7. The van der Waals surface area contributed by atoms with Gasteiger partial charge in [0.25, 0.3) is 0 Å². The summed E-state index contributed by atoms with van der Waals surface area (Å²) >= 11 is 0. The van der Waals surface area contributed by atoms with Gasteiger partial charge in [-0.3, -0.25) is 38.6 Å². The van der Waals surface area contributed by atoms with Crippen LogP contribution in [0.3, 0.4) is 0 Å². The summed E-state index contributed by atoms with van der Waals surface area (Å²) in [5.41, 5.74) is 18.7. The van der Waals surface area contributed by atoms with Crippen LogP contribution in [0.5, 0.6) is 5.75 Å². The molecule has 20 nitrogen and oxygen atoms in total. The number of rotatable bonds is 26. The Balaban J connectivity index is 1.54. The molecule has 0 bridgehead atoms. The summed E-state index contributed by atoms with van der Waals surface area (Å²) in [6.45, 7) is 9.21. The van der Waals surface area contributed by atoms with E-state index >= 15 is 0 Å². The minimum Gasteiger partial charge on any atom is -0.508 e. The van der Waals surface area contributed by atoms with Gasteiger partial charge in [0, 0.05) is 26.1 Å². The van der Waals surface area contributed by atoms with Gasteiger partial charge >= 0.3 is 0 Å². The molecule has 0 saturated carbocycles. The Morgan fingerprint density at radius 1 is 0.714 bits per heavy atom. The number of aromatic hydroxyl groups is 1. The molecule has 1 saturated heterocycles. The van der Waals surface area contributed by atoms with Crippen LogP contribution in [0.2, 0.25) is 0 Å². The lowest BCUT2D eigenvalue weighted by atomic mass is 9.98. The van der Waals surface area contributed by atoms with Crippen molar-refractivity contribution in [3.63, 3.8) is 0 Å². The maximum absolute atomic E-state index is 14.3. The van der Waals surface area contributed by atoms with Crippen LogP contribution in [0.4, 0.5) is 0 Å². The highest BCUT2D eigenvalue weighted by molar-refractivity contribution is 5.98. The minimum atomic E-state index is -1.52. The third kappa shape index (κ3) is 17.0. The quantitative estimate of drug-likeness (QED) is 0.0295. The number of nitrogens with one attached hydrogen (secondary N) is 6. The fourth-order valence-electron chi connectivity index (χ4n) is 8.40. The number of carbonyl (C=O) groups is 7. The molecule has 1 aliphatic rings. The zero-order chi connectivity index (χ0) is 51.5. The second kappa shape index (κ2) is 27.4. The molecule has 0 spiro atoms. The zero-order valence-corrected chi connectivity index (χ0v) is 40.9. The van der Waals surface area contributed by atoms with E-state index in [-0.39, 0.29) is 68.1 Å². The molecule has 0 aromatic heterocycles. The monoisotopic (exact) mass is 972 g/mol. The van der Waals surface area contributed by atoms with Gasteiger partial charge in [0.15, 0.2) is 5.96 Å². The topological polar surface area (TPSA) is 326 Å². The van der Waals surface area contributed by atoms with Gasteiger partial charge in [-0.1, -0.05) is 82.3 Å². The van der Waals surface area contributed by atoms with Crippen LogP contribution < -0.4 is 49.1 Å². The number of aliphatic hydroxyl groups excluding tert-OH is 1. The zero-order valence-electron chi connectivity index (χ0n) is 40.9. The fourth-order valence-corrected chi connectivity index (χ4v) is 8.40. The van der Waals surface area contributed by atoms with E-state index in [2.05, 4.69) is 36.9 Å². The number of amides is 7. The summed E-state index contributed by atoms with van der Waals surface area (Å²) in [5.74, 6) is -4.96. The molecule has 20 heteroatoms. The van der Waals surface area contributed by atoms with E-state index in [1.54, 1.807) is 19.1 Å². The molecule has 0 unspecified atom stereocenters. The fraction of sp³-hybridized carbons (Fsp3) is 0.520. The van der Waals surface area contributed by atoms with Crippen LogP contribution >= 0.6 is 0 Å². The lowest BCUT2D eigenvalue weighted by Crippen LogP contribution is -2.60. The van der Waals surface area contributed by atoms with Crippen molar-refractivity contribution in [2.45, 2.75) is 128 Å². The van der Waals surface area contributed by atoms with Crippen molar-refractivity contribution >= 4 is 58.1 Å². The van der Waals surface area contributed by atoms with E-state index in [0.717, 1.165) is 16.3 Å². The SMILES string of the molecule is CCNC(=O)[C@@H]1CCCN1C(=O)[C@H](CCCN=C(N)N)NC(=O)[C@H](CC(C)C)NC(=O)[C@@H](CC(C)C)NC(=O)[C@H](Cc1ccc(O)cc1)NC(=O)[C@H](CO)NC(=O)[C@@H](N)Cc1cccc2ccccc12. The highest BCUT2D eigenvalue weighted by atomic mass is 16.3. The van der Waals surface area contributed by atoms with Gasteiger partial charge in [-0.25, -0.2) is 0 Å². The van der Waals surface area contributed by atoms with Crippen LogP contribution in [0, 0.1) is 11.8 Å². The average molecular weight is 972 g/mol. The number of nitrogens with two attached hydrogens (primary N) is 3. The third-order valence-corrected chi connectivity index (χ3v) is 11.9. The lowest BCUT2D eigenvalue weighted by Gasteiger charge is -2.31. The number of hydrogen-bond acceptors (Lipinski definition) is 11. The largest absolute Gasteiger partial charge is 0.508 e. The molecule has 1 heterocycles. The minimum absolute atomic E-state index is 0.0356. The number of aliphatic hydroxyl groups is 1. The number of guanidine groups is 1. The summed E-state index contributed by atoms with van der Waals surface area (Å²) in [4.78, 5) is 103. The number of hydrogen-bond donors (Lipinski definition) is 11. The van der Waals surface area contributed by atoms with Gasteiger partial charge in [0.2, 0.25) is 41.4 Å². The van der Waals surface area contributed by atoms with Crippen molar-refractivity contribution in [3.05, 3.63) is 77.9 Å². The first-order valence-electron chi connectivity index (χ1n) is 24.1. The van der Waals surface area contributed by atoms with E-state index in [9.17, 15) is 43.8 Å². The Bertz CT molecular complexity index is 2280. The molecular weight excluding hydrogens is 899 g/mol. The molecule has 382 valence electrons. The summed E-state index contributed by atoms with van der Waals surface area (Å²) in [5, 5.41) is 38.4. The van der Waals surface area contributed by atoms with E-state index < -0.39 is 84.3 Å². The average Bonchev–Trinajstić information content (AvgIpc) is 3.81. The number of benzene rings is 3. The molecule has 3 aromatic carbocycles. The van der Waals surface area contributed by atoms with Crippen molar-refractivity contribution < 1.29 is 43.8 Å². The molecule has 3 aromatic rings. The van der Waals surface area contributed by atoms with E-state index in [0.29, 0.717) is 37.9 Å². The first-order valence-corrected chi connectivity index (χ1v) is 24.1. The van der Waals surface area contributed by atoms with Gasteiger partial charge in [0.05, 0.1) is 12.6 Å². The Kier molecular flexibility index (Phi) is 21.8. The second-order valence-corrected chi connectivity index (χ2v) is 18.6. The standard InChI is InChI=1S/C50H73N11O9/c1-6-54-48(69)42-17-11-23-61(42)49(70)37(16-10-22-55-50(52)53)56-44(65)38(24-29(2)3)57-45(66)39(25-30(4)5)58-46(67)40(26-31-18-20-34(63)21-19-31)59-47(68)41(28-62)60-43(64)36(51)27-33-14-9-13-32-12-7-8-15-35(32)33/h7-9,12-15,18-21,29-30,36-42,62-63H,6,10-11,16-17,22-28,51H2,1-5H3,(H,54,69)(H,56,65)(H,57,66)(H,58,67)(H,59,68)(H,60,64)(H4,52,53,55)/t36-,37-,38-,39+,40-,41-,42-/m0/s1. The van der Waals surface area contributed by atoms with Crippen LogP contribution in [-0.4, -0.2) is 131 Å². The second-order valence-electron chi connectivity index (χ2n) is 18.6. The molecular formula is C50H73N11O9. The molecule has 7 atom stereocenters. The molecule has 14 N–H and O–H groups in total. The van der Waals surface area contributed by atoms with Gasteiger partial charge in [0.1, 0.15) is 42.0 Å². The highest BCUT2D eigenvalue weighted by Crippen LogP contribution is 2.22. The normalized spacial score (nSPS) is 16.0. The van der Waals surface area contributed by atoms with Gasteiger partial charge in [-0.15, -0.1) is 0 Å². The van der Waals surface area contributed by atoms with E-state index in [1.165, 1.54) is 17.0 Å². The Morgan fingerprint density at radius 2 is 1.27 bits per heavy atom. The highest BCUT2D eigenvalue weighted by Gasteiger charge is 2.39. The van der Waals surface area contributed by atoms with Crippen molar-refractivity contribution in [3.8, 4) is 5.75 Å². The lowest BCUT2D eigenvalue weighted by molar-refractivity contribution is -0.142. The molecule has 0 aliphatic carbocycles. The Morgan fingerprint density at radius 3 is 1.87 bits per heavy atom. The molecule has 7 amide bonds. The number of nitrogens with zero attached hydrogens (tertiary/aromatic N) is 2. The molecule has 4 rings (SSSR count). The maximum Gasteiger partial charge on any atom is 0.245 e. The summed E-state index contributed by atoms with van der Waals surface area (Å²) in [6.07, 6.45) is 1.76. The van der Waals surface area contributed by atoms with E-state index in [1.807, 2.05) is 70.2 Å². The van der Waals surface area contributed by atoms with Crippen molar-refractivity contribution in [1.82, 2.24) is 36.8 Å². The van der Waals surface area contributed by atoms with Crippen LogP contribution in [0.1, 0.15) is 84.3 Å². The summed E-state index contributed by atoms with van der Waals surface area (Å²) in [7, 11) is 0. The van der Waals surface area contributed by atoms with Crippen LogP contribution in [-0.2, 0) is 46.4 Å². The van der Waals surface area contributed by atoms with Gasteiger partial charge < -0.3 is 64.2 Å². The first kappa shape index (κ1) is 55.8. The number of fused-ring (bicyclic) bond motifs is 1. The Hall–Kier alpha value is -6.80. The predicted molar refractivity (Wildman–Crippen MR) is 266 cm³/mol. The molecule has 1 aliphatic heterocycles. The third-order valence-electron chi connectivity index (χ3n) is 11.9. The molecule has 0 radical (unpaired) electrons. The molecule has 70 heavy (non-hydrogen) atoms. The van der Waals surface area contributed by atoms with E-state index in [4.69, 9.17) is 17.2 Å². The predicted octanol–water partition coefficient (Wildman–Crippen LogP) is 0.347. The summed E-state index contributed by atoms with van der Waals surface area (Å²) in [6, 6.07) is 11.0. The number of phenols is 1. The van der Waals surface area contributed by atoms with Crippen molar-refractivity contribution in [2.75, 3.05) is 26.2 Å². The van der Waals surface area contributed by atoms with Crippen LogP contribution in [0.15, 0.2) is 71.7 Å². The maximum atomic E-state index is 14.3. The van der Waals surface area contributed by atoms with Crippen molar-refractivity contribution in [1.29, 1.82) is 0 Å². The van der Waals surface area contributed by atoms with Gasteiger partial charge in [-0.2, -0.15) is 0 Å².